The van der Waals surface area contributed by atoms with E-state index < -0.39 is 29.7 Å². The Bertz CT molecular complexity index is 1970. The van der Waals surface area contributed by atoms with Crippen molar-refractivity contribution in [2.75, 3.05) is 44.2 Å². The fraction of sp³-hybridized carbons (Fsp3) is 0.405. The second-order valence-corrected chi connectivity index (χ2v) is 13.8. The number of hydrogen-bond acceptors (Lipinski definition) is 12. The lowest BCUT2D eigenvalue weighted by atomic mass is 9.93. The number of rotatable bonds is 10. The number of piperazine rings is 1. The van der Waals surface area contributed by atoms with Gasteiger partial charge in [0.2, 0.25) is 11.8 Å². The number of carbonyl (C=O) groups is 5. The lowest BCUT2D eigenvalue weighted by Crippen LogP contribution is -2.54. The highest BCUT2D eigenvalue weighted by Gasteiger charge is 2.44. The lowest BCUT2D eigenvalue weighted by molar-refractivity contribution is -0.136. The SMILES string of the molecule is N#Cc1ccc(OC2CCC(NC(=O)c3cnc(N4CCN(CCOc5ccc6c(c5)C(=O)N(C5CCC(=O)NC5=O)C6=O)CC4)cn3)CC2)cc1Cl. The highest BCUT2D eigenvalue weighted by molar-refractivity contribution is 6.31. The van der Waals surface area contributed by atoms with Gasteiger partial charge in [0.1, 0.15) is 41.7 Å². The third-order valence-electron chi connectivity index (χ3n) is 10.0. The van der Waals surface area contributed by atoms with Crippen molar-refractivity contribution in [3.05, 3.63) is 76.2 Å². The van der Waals surface area contributed by atoms with Crippen molar-refractivity contribution in [1.29, 1.82) is 5.26 Å². The van der Waals surface area contributed by atoms with E-state index in [1.165, 1.54) is 18.3 Å². The molecular weight excluding hydrogens is 704 g/mol. The standard InChI is InChI=1S/C37H37ClN8O7/c38-29-18-26(4-1-22(29)19-39)53-24-5-2-23(3-6-24)42-34(48)30-20-41-32(21-40-30)45-13-11-44(12-14-45)15-16-52-25-7-8-27-28(17-25)37(51)46(36(27)50)31-9-10-33(47)43-35(31)49/h1,4,7-8,17-18,20-21,23-24,31H,2-3,5-6,9-16H2,(H,42,48)(H,43,47,49). The van der Waals surface area contributed by atoms with Gasteiger partial charge in [-0.15, -0.1) is 0 Å². The normalized spacial score (nSPS) is 21.8. The number of anilines is 1. The highest BCUT2D eigenvalue weighted by Crippen LogP contribution is 2.31. The number of nitriles is 1. The number of hydrogen-bond donors (Lipinski definition) is 2. The molecule has 1 atom stereocenters. The summed E-state index contributed by atoms with van der Waals surface area (Å²) in [6, 6.07) is 10.8. The van der Waals surface area contributed by atoms with E-state index in [1.54, 1.807) is 30.5 Å². The van der Waals surface area contributed by atoms with Gasteiger partial charge in [-0.1, -0.05) is 11.6 Å². The summed E-state index contributed by atoms with van der Waals surface area (Å²) in [5.74, 6) is -0.690. The molecule has 2 N–H and O–H groups in total. The predicted octanol–water partition coefficient (Wildman–Crippen LogP) is 2.72. The molecule has 4 aliphatic rings. The Morgan fingerprint density at radius 1 is 0.925 bits per heavy atom. The number of fused-ring (bicyclic) bond motifs is 1. The summed E-state index contributed by atoms with van der Waals surface area (Å²) in [6.07, 6.45) is 6.37. The summed E-state index contributed by atoms with van der Waals surface area (Å²) < 4.78 is 12.0. The first-order valence-electron chi connectivity index (χ1n) is 17.6. The number of benzene rings is 2. The molecule has 1 aliphatic carbocycles. The summed E-state index contributed by atoms with van der Waals surface area (Å²) in [5.41, 5.74) is 1.05. The Morgan fingerprint density at radius 3 is 2.38 bits per heavy atom. The molecule has 1 aromatic heterocycles. The third kappa shape index (κ3) is 7.93. The van der Waals surface area contributed by atoms with Gasteiger partial charge in [0.05, 0.1) is 40.2 Å². The molecule has 3 aliphatic heterocycles. The van der Waals surface area contributed by atoms with Gasteiger partial charge >= 0.3 is 0 Å². The van der Waals surface area contributed by atoms with Crippen LogP contribution in [0.1, 0.15) is 75.3 Å². The third-order valence-corrected chi connectivity index (χ3v) is 10.3. The Labute approximate surface area is 310 Å². The molecule has 4 heterocycles. The van der Waals surface area contributed by atoms with Crippen LogP contribution in [0.4, 0.5) is 5.82 Å². The molecule has 2 saturated heterocycles. The first-order chi connectivity index (χ1) is 25.7. The number of aromatic nitrogens is 2. The minimum Gasteiger partial charge on any atom is -0.492 e. The van der Waals surface area contributed by atoms with Crippen molar-refractivity contribution in [2.45, 2.75) is 56.7 Å². The summed E-state index contributed by atoms with van der Waals surface area (Å²) in [5, 5.41) is 14.7. The molecule has 3 fully saturated rings. The zero-order valence-electron chi connectivity index (χ0n) is 28.8. The van der Waals surface area contributed by atoms with Crippen LogP contribution in [0.5, 0.6) is 11.5 Å². The molecule has 0 spiro atoms. The molecular formula is C37H37ClN8O7. The molecule has 0 radical (unpaired) electrons. The summed E-state index contributed by atoms with van der Waals surface area (Å²) >= 11 is 6.12. The maximum atomic E-state index is 13.1. The first-order valence-corrected chi connectivity index (χ1v) is 18.0. The van der Waals surface area contributed by atoms with Crippen LogP contribution in [-0.2, 0) is 9.59 Å². The molecule has 5 amide bonds. The molecule has 1 saturated carbocycles. The zero-order valence-corrected chi connectivity index (χ0v) is 29.5. The monoisotopic (exact) mass is 740 g/mol. The smallest absolute Gasteiger partial charge is 0.271 e. The van der Waals surface area contributed by atoms with E-state index in [2.05, 4.69) is 30.4 Å². The van der Waals surface area contributed by atoms with E-state index in [-0.39, 0.29) is 47.7 Å². The number of ether oxygens (including phenoxy) is 2. The van der Waals surface area contributed by atoms with Crippen molar-refractivity contribution in [3.8, 4) is 17.6 Å². The van der Waals surface area contributed by atoms with E-state index in [0.29, 0.717) is 54.1 Å². The van der Waals surface area contributed by atoms with Crippen molar-refractivity contribution >= 4 is 47.0 Å². The van der Waals surface area contributed by atoms with Gasteiger partial charge in [-0.05, 0) is 62.4 Å². The Morgan fingerprint density at radius 2 is 1.68 bits per heavy atom. The molecule has 1 unspecified atom stereocenters. The minimum absolute atomic E-state index is 0.00517. The number of imide groups is 2. The number of amides is 5. The van der Waals surface area contributed by atoms with Gasteiger partial charge in [-0.2, -0.15) is 5.26 Å². The topological polar surface area (TPSA) is 187 Å². The van der Waals surface area contributed by atoms with E-state index in [4.69, 9.17) is 26.3 Å². The molecule has 274 valence electrons. The van der Waals surface area contributed by atoms with Gasteiger partial charge in [-0.25, -0.2) is 9.97 Å². The Kier molecular flexibility index (Phi) is 10.5. The van der Waals surface area contributed by atoms with Crippen LogP contribution in [0.2, 0.25) is 5.02 Å². The predicted molar refractivity (Wildman–Crippen MR) is 190 cm³/mol. The number of halogens is 1. The lowest BCUT2D eigenvalue weighted by Gasteiger charge is -2.35. The van der Waals surface area contributed by atoms with Gasteiger partial charge in [0, 0.05) is 51.3 Å². The van der Waals surface area contributed by atoms with E-state index in [9.17, 15) is 24.0 Å². The van der Waals surface area contributed by atoms with Gasteiger partial charge < -0.3 is 19.7 Å². The second kappa shape index (κ2) is 15.6. The quantitative estimate of drug-likeness (QED) is 0.290. The summed E-state index contributed by atoms with van der Waals surface area (Å²) in [6.45, 7) is 3.95. The maximum Gasteiger partial charge on any atom is 0.271 e. The maximum absolute atomic E-state index is 13.1. The van der Waals surface area contributed by atoms with Crippen molar-refractivity contribution in [2.24, 2.45) is 0 Å². The Hall–Kier alpha value is -5.59. The summed E-state index contributed by atoms with van der Waals surface area (Å²) in [4.78, 5) is 77.0. The molecule has 16 heteroatoms. The fourth-order valence-electron chi connectivity index (χ4n) is 7.07. The van der Waals surface area contributed by atoms with E-state index in [1.807, 2.05) is 6.07 Å². The molecule has 0 bridgehead atoms. The van der Waals surface area contributed by atoms with Crippen molar-refractivity contribution in [3.63, 3.8) is 0 Å². The molecule has 3 aromatic rings. The van der Waals surface area contributed by atoms with Gasteiger partial charge in [0.25, 0.3) is 17.7 Å². The van der Waals surface area contributed by atoms with Crippen LogP contribution in [-0.4, -0.2) is 107 Å². The molecule has 7 rings (SSSR count). The summed E-state index contributed by atoms with van der Waals surface area (Å²) in [7, 11) is 0. The second-order valence-electron chi connectivity index (χ2n) is 13.4. The minimum atomic E-state index is -1.02. The van der Waals surface area contributed by atoms with Crippen molar-refractivity contribution < 1.29 is 33.4 Å². The van der Waals surface area contributed by atoms with Crippen molar-refractivity contribution in [1.82, 2.24) is 30.4 Å². The van der Waals surface area contributed by atoms with Gasteiger partial charge in [-0.3, -0.25) is 39.1 Å². The van der Waals surface area contributed by atoms with E-state index >= 15 is 0 Å². The average Bonchev–Trinajstić information content (AvgIpc) is 3.41. The highest BCUT2D eigenvalue weighted by atomic mass is 35.5. The average molecular weight is 741 g/mol. The number of carbonyl (C=O) groups excluding carboxylic acids is 5. The number of nitrogens with zero attached hydrogens (tertiary/aromatic N) is 6. The number of piperidine rings is 1. The van der Waals surface area contributed by atoms with Crippen LogP contribution in [0.3, 0.4) is 0 Å². The molecule has 2 aromatic carbocycles. The van der Waals surface area contributed by atoms with E-state index in [0.717, 1.165) is 43.7 Å². The first kappa shape index (κ1) is 35.8. The van der Waals surface area contributed by atoms with Crippen LogP contribution >= 0.6 is 11.6 Å². The Balaban J connectivity index is 0.822. The largest absolute Gasteiger partial charge is 0.492 e. The van der Waals surface area contributed by atoms with Crippen LogP contribution < -0.4 is 25.0 Å². The van der Waals surface area contributed by atoms with Gasteiger partial charge in [0.15, 0.2) is 0 Å². The fourth-order valence-corrected chi connectivity index (χ4v) is 7.28. The van der Waals surface area contributed by atoms with Crippen LogP contribution in [0.25, 0.3) is 0 Å². The molecule has 15 nitrogen and oxygen atoms in total. The molecule has 53 heavy (non-hydrogen) atoms. The van der Waals surface area contributed by atoms with Crippen LogP contribution in [0.15, 0.2) is 48.8 Å². The van der Waals surface area contributed by atoms with Crippen LogP contribution in [0, 0.1) is 11.3 Å². The number of nitrogens with one attached hydrogen (secondary N) is 2. The zero-order chi connectivity index (χ0) is 37.1.